The molecule has 1 aromatic heterocycles. The number of hydrogen-bond acceptors (Lipinski definition) is 4. The smallest absolute Gasteiger partial charge is 0.292 e. The highest BCUT2D eigenvalue weighted by Crippen LogP contribution is 2.48. The Morgan fingerprint density at radius 1 is 1.52 bits per heavy atom. The second-order valence-corrected chi connectivity index (χ2v) is 7.31. The van der Waals surface area contributed by atoms with Crippen molar-refractivity contribution in [3.8, 4) is 11.8 Å². The summed E-state index contributed by atoms with van der Waals surface area (Å²) in [5, 5.41) is 15.3. The highest BCUT2D eigenvalue weighted by atomic mass is 19.3. The van der Waals surface area contributed by atoms with Crippen LogP contribution >= 0.6 is 0 Å². The van der Waals surface area contributed by atoms with Crippen molar-refractivity contribution in [1.82, 2.24) is 15.1 Å². The summed E-state index contributed by atoms with van der Waals surface area (Å²) in [4.78, 5) is 15.9. The van der Waals surface area contributed by atoms with Gasteiger partial charge in [0, 0.05) is 23.9 Å². The first-order valence-electron chi connectivity index (χ1n) is 8.83. The van der Waals surface area contributed by atoms with Crippen LogP contribution in [0.3, 0.4) is 0 Å². The van der Waals surface area contributed by atoms with Crippen LogP contribution in [0.1, 0.15) is 51.1 Å². The topological polar surface area (TPSA) is 79.5 Å². The SMILES string of the molecule is CC(C#CC(C)(C)O)=N/C=C\NC(=O)Cn1nc(C(F)F)c2c1C(F)(F)C(C)C2. The normalized spacial score (nSPS) is 18.7. The lowest BCUT2D eigenvalue weighted by Gasteiger charge is -2.17. The zero-order valence-corrected chi connectivity index (χ0v) is 16.4. The molecular weight excluding hydrogens is 392 g/mol. The molecule has 2 N–H and O–H groups in total. The summed E-state index contributed by atoms with van der Waals surface area (Å²) in [6.07, 6.45) is -0.836. The van der Waals surface area contributed by atoms with Crippen LogP contribution in [0, 0.1) is 17.8 Å². The third-order valence-electron chi connectivity index (χ3n) is 4.16. The van der Waals surface area contributed by atoms with Crippen LogP contribution in [0.5, 0.6) is 0 Å². The molecule has 6 nitrogen and oxygen atoms in total. The van der Waals surface area contributed by atoms with Crippen LogP contribution in [-0.2, 0) is 23.7 Å². The second-order valence-electron chi connectivity index (χ2n) is 7.31. The maximum atomic E-state index is 14.4. The number of carbonyl (C=O) groups excluding carboxylic acids is 1. The highest BCUT2D eigenvalue weighted by Gasteiger charge is 2.51. The number of nitrogens with zero attached hydrogens (tertiary/aromatic N) is 3. The summed E-state index contributed by atoms with van der Waals surface area (Å²) in [6, 6.07) is 0. The molecule has 1 amide bonds. The van der Waals surface area contributed by atoms with Crippen molar-refractivity contribution in [1.29, 1.82) is 0 Å². The fourth-order valence-corrected chi connectivity index (χ4v) is 2.79. The van der Waals surface area contributed by atoms with E-state index in [4.69, 9.17) is 0 Å². The lowest BCUT2D eigenvalue weighted by molar-refractivity contribution is -0.121. The molecule has 0 saturated heterocycles. The molecule has 1 unspecified atom stereocenters. The van der Waals surface area contributed by atoms with Crippen molar-refractivity contribution in [2.45, 2.75) is 58.6 Å². The molecule has 1 heterocycles. The van der Waals surface area contributed by atoms with E-state index in [1.54, 1.807) is 6.92 Å². The van der Waals surface area contributed by atoms with Crippen molar-refractivity contribution in [3.63, 3.8) is 0 Å². The number of aliphatic imine (C=N–C) groups is 1. The van der Waals surface area contributed by atoms with Crippen molar-refractivity contribution in [2.24, 2.45) is 10.9 Å². The van der Waals surface area contributed by atoms with E-state index in [1.807, 2.05) is 0 Å². The Hall–Kier alpha value is -2.67. The average Bonchev–Trinajstić information content (AvgIpc) is 3.05. The van der Waals surface area contributed by atoms with Crippen LogP contribution in [0.4, 0.5) is 17.6 Å². The van der Waals surface area contributed by atoms with Gasteiger partial charge in [-0.1, -0.05) is 12.8 Å². The number of aromatic nitrogens is 2. The fraction of sp³-hybridized carbons (Fsp3) is 0.526. The average molecular weight is 414 g/mol. The fourth-order valence-electron chi connectivity index (χ4n) is 2.79. The Kier molecular flexibility index (Phi) is 6.53. The lowest BCUT2D eigenvalue weighted by Crippen LogP contribution is -2.28. The monoisotopic (exact) mass is 414 g/mol. The van der Waals surface area contributed by atoms with Gasteiger partial charge in [-0.25, -0.2) is 8.78 Å². The predicted molar refractivity (Wildman–Crippen MR) is 98.4 cm³/mol. The zero-order valence-electron chi connectivity index (χ0n) is 16.4. The zero-order chi connectivity index (χ0) is 22.0. The maximum absolute atomic E-state index is 14.4. The van der Waals surface area contributed by atoms with Crippen molar-refractivity contribution in [2.75, 3.05) is 0 Å². The molecule has 2 rings (SSSR count). The van der Waals surface area contributed by atoms with Crippen molar-refractivity contribution >= 4 is 11.6 Å². The van der Waals surface area contributed by atoms with Crippen LogP contribution in [0.25, 0.3) is 0 Å². The Labute approximate surface area is 165 Å². The highest BCUT2D eigenvalue weighted by molar-refractivity contribution is 5.98. The molecule has 10 heteroatoms. The lowest BCUT2D eigenvalue weighted by atomic mass is 10.1. The van der Waals surface area contributed by atoms with E-state index < -0.39 is 47.7 Å². The number of fused-ring (bicyclic) bond motifs is 1. The van der Waals surface area contributed by atoms with E-state index >= 15 is 0 Å². The summed E-state index contributed by atoms with van der Waals surface area (Å²) in [5.74, 6) is -0.0308. The van der Waals surface area contributed by atoms with Gasteiger partial charge < -0.3 is 10.4 Å². The molecular formula is C19H22F4N4O2. The number of hydrogen-bond donors (Lipinski definition) is 2. The van der Waals surface area contributed by atoms with Crippen molar-refractivity contribution in [3.05, 3.63) is 29.4 Å². The summed E-state index contributed by atoms with van der Waals surface area (Å²) < 4.78 is 55.7. The minimum Gasteiger partial charge on any atom is -0.378 e. The Morgan fingerprint density at radius 3 is 2.76 bits per heavy atom. The van der Waals surface area contributed by atoms with Gasteiger partial charge in [-0.05, 0) is 33.1 Å². The first kappa shape index (κ1) is 22.6. The Balaban J connectivity index is 2.09. The van der Waals surface area contributed by atoms with E-state index in [9.17, 15) is 27.5 Å². The van der Waals surface area contributed by atoms with Gasteiger partial charge in [0.1, 0.15) is 23.5 Å². The quantitative estimate of drug-likeness (QED) is 0.442. The first-order chi connectivity index (χ1) is 13.3. The largest absolute Gasteiger partial charge is 0.378 e. The Morgan fingerprint density at radius 2 is 2.17 bits per heavy atom. The van der Waals surface area contributed by atoms with Gasteiger partial charge in [0.2, 0.25) is 5.91 Å². The maximum Gasteiger partial charge on any atom is 0.292 e. The molecule has 1 aliphatic carbocycles. The van der Waals surface area contributed by atoms with Gasteiger partial charge >= 0.3 is 0 Å². The summed E-state index contributed by atoms with van der Waals surface area (Å²) in [6.45, 7) is 5.25. The van der Waals surface area contributed by atoms with Crippen molar-refractivity contribution < 1.29 is 27.5 Å². The van der Waals surface area contributed by atoms with Gasteiger partial charge in [-0.2, -0.15) is 13.9 Å². The molecule has 1 aliphatic rings. The van der Waals surface area contributed by atoms with Gasteiger partial charge in [0.25, 0.3) is 12.3 Å². The molecule has 29 heavy (non-hydrogen) atoms. The van der Waals surface area contributed by atoms with Gasteiger partial charge in [0.15, 0.2) is 0 Å². The van der Waals surface area contributed by atoms with E-state index in [1.165, 1.54) is 27.0 Å². The summed E-state index contributed by atoms with van der Waals surface area (Å²) in [7, 11) is 0. The minimum absolute atomic E-state index is 0.188. The van der Waals surface area contributed by atoms with E-state index in [0.29, 0.717) is 10.4 Å². The van der Waals surface area contributed by atoms with Crippen LogP contribution in [0.15, 0.2) is 17.4 Å². The van der Waals surface area contributed by atoms with Crippen LogP contribution < -0.4 is 5.32 Å². The summed E-state index contributed by atoms with van der Waals surface area (Å²) >= 11 is 0. The molecule has 0 saturated carbocycles. The summed E-state index contributed by atoms with van der Waals surface area (Å²) in [5.41, 5.74) is -2.33. The van der Waals surface area contributed by atoms with Gasteiger partial charge in [-0.3, -0.25) is 14.5 Å². The number of nitrogens with one attached hydrogen (secondary N) is 1. The third-order valence-corrected chi connectivity index (χ3v) is 4.16. The number of rotatable bonds is 5. The Bertz CT molecular complexity index is 902. The number of alkyl halides is 4. The second kappa shape index (κ2) is 8.37. The molecule has 1 aromatic rings. The molecule has 1 atom stereocenters. The standard InChI is InChI=1S/C19H22F4N4O2/c1-11-9-13-15(17(20)21)26-27(16(13)19(11,22)23)10-14(28)25-8-7-24-12(2)5-6-18(3,4)29/h7-8,11,17,29H,9-10H2,1-4H3,(H,25,28)/b8-7-,24-12?. The van der Waals surface area contributed by atoms with E-state index in [-0.39, 0.29) is 12.0 Å². The van der Waals surface area contributed by atoms with Crippen LogP contribution in [0.2, 0.25) is 0 Å². The molecule has 158 valence electrons. The first-order valence-corrected chi connectivity index (χ1v) is 8.83. The van der Waals surface area contributed by atoms with Gasteiger partial charge in [0.05, 0.1) is 5.71 Å². The number of aliphatic hydroxyl groups is 1. The minimum atomic E-state index is -3.34. The molecule has 0 fully saturated rings. The van der Waals surface area contributed by atoms with E-state index in [2.05, 4.69) is 27.2 Å². The van der Waals surface area contributed by atoms with E-state index in [0.717, 1.165) is 6.20 Å². The third kappa shape index (κ3) is 5.44. The van der Waals surface area contributed by atoms with Gasteiger partial charge in [-0.15, -0.1) is 0 Å². The van der Waals surface area contributed by atoms with Crippen LogP contribution in [-0.4, -0.2) is 32.1 Å². The number of amides is 1. The number of carbonyl (C=O) groups is 1. The predicted octanol–water partition coefficient (Wildman–Crippen LogP) is 2.93. The molecule has 0 aromatic carbocycles. The molecule has 0 radical (unpaired) electrons. The molecule has 0 spiro atoms. The molecule has 0 bridgehead atoms. The number of halogens is 4. The molecule has 0 aliphatic heterocycles.